The van der Waals surface area contributed by atoms with E-state index in [2.05, 4.69) is 0 Å². The van der Waals surface area contributed by atoms with E-state index in [1.165, 1.54) is 4.90 Å². The van der Waals surface area contributed by atoms with E-state index >= 15 is 0 Å². The standard InChI is InChI=1S/C20H26ClN3O4/c1-13-6-4-5-7-16(13)24-19(26)18(25)23(20(24)27)12-22(2)11-14-10-15(21)8-9-17(14)28-3/h8-10,13,16H,4-7,11-12H2,1-3H3/t13-,16+/m1/s1. The maximum absolute atomic E-state index is 12.9. The number of methoxy groups -OCH3 is 1. The number of carbonyl (C=O) groups is 3. The summed E-state index contributed by atoms with van der Waals surface area (Å²) in [6.07, 6.45) is 3.78. The molecular formula is C20H26ClN3O4. The predicted octanol–water partition coefficient (Wildman–Crippen LogP) is 3.11. The van der Waals surface area contributed by atoms with Gasteiger partial charge in [-0.2, -0.15) is 0 Å². The Morgan fingerprint density at radius 3 is 2.57 bits per heavy atom. The van der Waals surface area contributed by atoms with Crippen molar-refractivity contribution in [3.63, 3.8) is 0 Å². The first-order valence-electron chi connectivity index (χ1n) is 9.53. The van der Waals surface area contributed by atoms with Crippen molar-refractivity contribution in [1.82, 2.24) is 14.7 Å². The fourth-order valence-electron chi connectivity index (χ4n) is 4.07. The zero-order valence-electron chi connectivity index (χ0n) is 16.5. The van der Waals surface area contributed by atoms with Gasteiger partial charge in [-0.15, -0.1) is 0 Å². The number of hydrogen-bond acceptors (Lipinski definition) is 5. The summed E-state index contributed by atoms with van der Waals surface area (Å²) in [5.41, 5.74) is 0.834. The van der Waals surface area contributed by atoms with Crippen LogP contribution in [0.4, 0.5) is 4.79 Å². The zero-order valence-corrected chi connectivity index (χ0v) is 17.2. The third kappa shape index (κ3) is 4.00. The third-order valence-electron chi connectivity index (χ3n) is 5.55. The van der Waals surface area contributed by atoms with E-state index in [4.69, 9.17) is 16.3 Å². The lowest BCUT2D eigenvalue weighted by Crippen LogP contribution is -2.46. The van der Waals surface area contributed by atoms with Gasteiger partial charge < -0.3 is 4.74 Å². The molecule has 0 N–H and O–H groups in total. The summed E-state index contributed by atoms with van der Waals surface area (Å²) < 4.78 is 5.34. The van der Waals surface area contributed by atoms with Crippen molar-refractivity contribution in [2.24, 2.45) is 5.92 Å². The molecule has 1 saturated carbocycles. The Morgan fingerprint density at radius 1 is 1.18 bits per heavy atom. The number of amides is 4. The molecule has 0 aromatic heterocycles. The number of nitrogens with zero attached hydrogens (tertiary/aromatic N) is 3. The van der Waals surface area contributed by atoms with Crippen LogP contribution in [-0.2, 0) is 16.1 Å². The Labute approximate surface area is 170 Å². The summed E-state index contributed by atoms with van der Waals surface area (Å²) in [5.74, 6) is -0.586. The largest absolute Gasteiger partial charge is 0.496 e. The summed E-state index contributed by atoms with van der Waals surface area (Å²) in [4.78, 5) is 41.9. The zero-order chi connectivity index (χ0) is 20.4. The van der Waals surface area contributed by atoms with Crippen molar-refractivity contribution in [2.45, 2.75) is 45.2 Å². The molecule has 1 heterocycles. The van der Waals surface area contributed by atoms with Crippen molar-refractivity contribution in [1.29, 1.82) is 0 Å². The molecule has 2 aliphatic rings. The van der Waals surface area contributed by atoms with Gasteiger partial charge >= 0.3 is 17.8 Å². The van der Waals surface area contributed by atoms with Crippen LogP contribution in [0.2, 0.25) is 5.02 Å². The lowest BCUT2D eigenvalue weighted by molar-refractivity contribution is -0.145. The predicted molar refractivity (Wildman–Crippen MR) is 105 cm³/mol. The first-order chi connectivity index (χ1) is 13.3. The van der Waals surface area contributed by atoms with Gasteiger partial charge in [0.05, 0.1) is 13.8 Å². The van der Waals surface area contributed by atoms with Gasteiger partial charge in [-0.25, -0.2) is 9.69 Å². The van der Waals surface area contributed by atoms with Gasteiger partial charge in [-0.05, 0) is 44.0 Å². The van der Waals surface area contributed by atoms with Gasteiger partial charge in [-0.1, -0.05) is 31.4 Å². The molecule has 0 bridgehead atoms. The topological polar surface area (TPSA) is 70.2 Å². The molecular weight excluding hydrogens is 382 g/mol. The van der Waals surface area contributed by atoms with Crippen LogP contribution in [0.5, 0.6) is 5.75 Å². The molecule has 1 aromatic rings. The number of benzene rings is 1. The van der Waals surface area contributed by atoms with E-state index in [0.29, 0.717) is 17.3 Å². The minimum absolute atomic E-state index is 0.0245. The van der Waals surface area contributed by atoms with E-state index in [-0.39, 0.29) is 18.6 Å². The number of ether oxygens (including phenoxy) is 1. The molecule has 7 nitrogen and oxygen atoms in total. The lowest BCUT2D eigenvalue weighted by Gasteiger charge is -2.34. The minimum Gasteiger partial charge on any atom is -0.496 e. The van der Waals surface area contributed by atoms with Crippen molar-refractivity contribution in [3.8, 4) is 5.75 Å². The van der Waals surface area contributed by atoms with Crippen molar-refractivity contribution < 1.29 is 19.1 Å². The maximum atomic E-state index is 12.9. The summed E-state index contributed by atoms with van der Waals surface area (Å²) in [6, 6.07) is 4.58. The summed E-state index contributed by atoms with van der Waals surface area (Å²) in [7, 11) is 3.35. The van der Waals surface area contributed by atoms with Gasteiger partial charge in [-0.3, -0.25) is 19.4 Å². The molecule has 0 spiro atoms. The van der Waals surface area contributed by atoms with Crippen LogP contribution in [0.15, 0.2) is 18.2 Å². The average molecular weight is 408 g/mol. The summed E-state index contributed by atoms with van der Waals surface area (Å²) in [6.45, 7) is 2.47. The molecule has 2 atom stereocenters. The molecule has 1 saturated heterocycles. The summed E-state index contributed by atoms with van der Waals surface area (Å²) in [5, 5.41) is 0.574. The number of urea groups is 1. The first-order valence-corrected chi connectivity index (χ1v) is 9.91. The van der Waals surface area contributed by atoms with Crippen molar-refractivity contribution in [3.05, 3.63) is 28.8 Å². The molecule has 0 unspecified atom stereocenters. The number of hydrogen-bond donors (Lipinski definition) is 0. The van der Waals surface area contributed by atoms with Crippen LogP contribution in [-0.4, -0.2) is 59.4 Å². The van der Waals surface area contributed by atoms with Gasteiger partial charge in [0.25, 0.3) is 0 Å². The smallest absolute Gasteiger partial charge is 0.335 e. The first kappa shape index (κ1) is 20.6. The molecule has 1 aliphatic heterocycles. The monoisotopic (exact) mass is 407 g/mol. The van der Waals surface area contributed by atoms with Gasteiger partial charge in [0, 0.05) is 23.2 Å². The van der Waals surface area contributed by atoms with E-state index < -0.39 is 17.8 Å². The van der Waals surface area contributed by atoms with Crippen LogP contribution in [0.1, 0.15) is 38.2 Å². The maximum Gasteiger partial charge on any atom is 0.335 e. The van der Waals surface area contributed by atoms with Gasteiger partial charge in [0.2, 0.25) is 0 Å². The number of carbonyl (C=O) groups excluding carboxylic acids is 3. The van der Waals surface area contributed by atoms with Crippen LogP contribution in [0.25, 0.3) is 0 Å². The van der Waals surface area contributed by atoms with E-state index in [9.17, 15) is 14.4 Å². The Hall–Kier alpha value is -2.12. The van der Waals surface area contributed by atoms with Crippen LogP contribution < -0.4 is 4.74 Å². The molecule has 28 heavy (non-hydrogen) atoms. The minimum atomic E-state index is -0.757. The Bertz CT molecular complexity index is 785. The Morgan fingerprint density at radius 2 is 1.89 bits per heavy atom. The molecule has 8 heteroatoms. The average Bonchev–Trinajstić information content (AvgIpc) is 2.86. The van der Waals surface area contributed by atoms with Gasteiger partial charge in [0.15, 0.2) is 0 Å². The number of rotatable bonds is 6. The molecule has 4 amide bonds. The molecule has 3 rings (SSSR count). The SMILES string of the molecule is COc1ccc(Cl)cc1CN(C)CN1C(=O)C(=O)N([C@H]2CCCC[C@H]2C)C1=O. The second kappa shape index (κ2) is 8.49. The second-order valence-electron chi connectivity index (χ2n) is 7.63. The molecule has 152 valence electrons. The highest BCUT2D eigenvalue weighted by atomic mass is 35.5. The number of halogens is 1. The highest BCUT2D eigenvalue weighted by Gasteiger charge is 2.49. The molecule has 2 fully saturated rings. The Balaban J connectivity index is 1.71. The van der Waals surface area contributed by atoms with E-state index in [0.717, 1.165) is 36.1 Å². The highest BCUT2D eigenvalue weighted by Crippen LogP contribution is 2.31. The van der Waals surface area contributed by atoms with Crippen LogP contribution in [0, 0.1) is 5.92 Å². The fraction of sp³-hybridized carbons (Fsp3) is 0.550. The highest BCUT2D eigenvalue weighted by molar-refractivity contribution is 6.44. The van der Waals surface area contributed by atoms with E-state index in [1.807, 2.05) is 6.92 Å². The summed E-state index contributed by atoms with van der Waals surface area (Å²) >= 11 is 6.07. The molecule has 0 radical (unpaired) electrons. The van der Waals surface area contributed by atoms with Gasteiger partial charge in [0.1, 0.15) is 5.75 Å². The normalized spacial score (nSPS) is 23.1. The number of imide groups is 2. The van der Waals surface area contributed by atoms with Crippen molar-refractivity contribution in [2.75, 3.05) is 20.8 Å². The quantitative estimate of drug-likeness (QED) is 0.535. The lowest BCUT2D eigenvalue weighted by atomic mass is 9.85. The van der Waals surface area contributed by atoms with Crippen LogP contribution in [0.3, 0.4) is 0 Å². The van der Waals surface area contributed by atoms with Crippen molar-refractivity contribution >= 4 is 29.4 Å². The molecule has 1 aromatic carbocycles. The molecule has 1 aliphatic carbocycles. The fourth-order valence-corrected chi connectivity index (χ4v) is 4.27. The van der Waals surface area contributed by atoms with E-state index in [1.54, 1.807) is 37.3 Å². The second-order valence-corrected chi connectivity index (χ2v) is 8.07. The Kier molecular flexibility index (Phi) is 6.25. The van der Waals surface area contributed by atoms with Crippen LogP contribution >= 0.6 is 11.6 Å². The third-order valence-corrected chi connectivity index (χ3v) is 5.78.